The zero-order valence-electron chi connectivity index (χ0n) is 13.2. The fourth-order valence-electron chi connectivity index (χ4n) is 2.22. The number of benzene rings is 1. The van der Waals surface area contributed by atoms with Gasteiger partial charge in [0.15, 0.2) is 5.78 Å². The van der Waals surface area contributed by atoms with Crippen molar-refractivity contribution < 1.29 is 9.53 Å². The topological polar surface area (TPSA) is 29.5 Å². The zero-order valence-corrected chi connectivity index (χ0v) is 13.2. The molecule has 0 radical (unpaired) electrons. The fourth-order valence-corrected chi connectivity index (χ4v) is 2.22. The molecule has 0 saturated carbocycles. The van der Waals surface area contributed by atoms with Crippen molar-refractivity contribution in [2.75, 3.05) is 20.2 Å². The Labute approximate surface area is 122 Å². The van der Waals surface area contributed by atoms with Crippen LogP contribution in [-0.2, 0) is 6.54 Å². The third-order valence-corrected chi connectivity index (χ3v) is 3.35. The van der Waals surface area contributed by atoms with Crippen molar-refractivity contribution in [1.82, 2.24) is 4.90 Å². The molecule has 0 unspecified atom stereocenters. The fraction of sp³-hybridized carbons (Fsp3) is 0.588. The minimum atomic E-state index is 0.0999. The monoisotopic (exact) mass is 277 g/mol. The van der Waals surface area contributed by atoms with Gasteiger partial charge >= 0.3 is 0 Å². The minimum absolute atomic E-state index is 0.0999. The average Bonchev–Trinajstić information content (AvgIpc) is 2.41. The predicted molar refractivity (Wildman–Crippen MR) is 83.5 cm³/mol. The number of rotatable bonds is 9. The quantitative estimate of drug-likeness (QED) is 0.506. The van der Waals surface area contributed by atoms with E-state index in [1.807, 2.05) is 25.1 Å². The Morgan fingerprint density at radius 3 is 2.60 bits per heavy atom. The van der Waals surface area contributed by atoms with Gasteiger partial charge in [0.05, 0.1) is 6.61 Å². The van der Waals surface area contributed by atoms with Gasteiger partial charge in [0.25, 0.3) is 0 Å². The van der Waals surface area contributed by atoms with E-state index in [1.54, 1.807) is 6.92 Å². The molecule has 0 aliphatic carbocycles. The van der Waals surface area contributed by atoms with Gasteiger partial charge in [0.2, 0.25) is 0 Å². The molecule has 1 aromatic rings. The van der Waals surface area contributed by atoms with Crippen molar-refractivity contribution in [2.45, 2.75) is 46.6 Å². The molecule has 0 aromatic heterocycles. The van der Waals surface area contributed by atoms with Gasteiger partial charge in [-0.15, -0.1) is 0 Å². The summed E-state index contributed by atoms with van der Waals surface area (Å²) < 4.78 is 5.66. The average molecular weight is 277 g/mol. The first-order valence-electron chi connectivity index (χ1n) is 7.53. The van der Waals surface area contributed by atoms with Gasteiger partial charge in [0.1, 0.15) is 5.75 Å². The molecule has 0 saturated heterocycles. The molecular weight excluding hydrogens is 250 g/mol. The molecule has 0 heterocycles. The van der Waals surface area contributed by atoms with E-state index >= 15 is 0 Å². The first-order chi connectivity index (χ1) is 9.58. The van der Waals surface area contributed by atoms with Crippen LogP contribution in [0.2, 0.25) is 0 Å². The maximum Gasteiger partial charge on any atom is 0.159 e. The van der Waals surface area contributed by atoms with Gasteiger partial charge in [0, 0.05) is 17.7 Å². The van der Waals surface area contributed by atoms with Crippen molar-refractivity contribution >= 4 is 5.78 Å². The lowest BCUT2D eigenvalue weighted by Gasteiger charge is -2.19. The Bertz CT molecular complexity index is 429. The summed E-state index contributed by atoms with van der Waals surface area (Å²) in [6, 6.07) is 5.72. The number of carbonyl (C=O) groups excluding carboxylic acids is 1. The Balaban J connectivity index is 2.78. The predicted octanol–water partition coefficient (Wildman–Crippen LogP) is 3.91. The Hall–Kier alpha value is -1.35. The number of Topliss-reactive ketones (excluding diaryl/α,β-unsaturated/α-hetero) is 1. The van der Waals surface area contributed by atoms with Crippen LogP contribution in [0.5, 0.6) is 5.75 Å². The van der Waals surface area contributed by atoms with Crippen molar-refractivity contribution in [3.05, 3.63) is 29.3 Å². The van der Waals surface area contributed by atoms with Crippen LogP contribution in [0.3, 0.4) is 0 Å². The third-order valence-electron chi connectivity index (χ3n) is 3.35. The van der Waals surface area contributed by atoms with E-state index in [-0.39, 0.29) is 5.78 Å². The van der Waals surface area contributed by atoms with E-state index < -0.39 is 0 Å². The highest BCUT2D eigenvalue weighted by Crippen LogP contribution is 2.22. The van der Waals surface area contributed by atoms with Crippen LogP contribution in [0.1, 0.15) is 56.0 Å². The molecule has 0 aliphatic heterocycles. The smallest absolute Gasteiger partial charge is 0.159 e. The van der Waals surface area contributed by atoms with Gasteiger partial charge in [-0.2, -0.15) is 0 Å². The van der Waals surface area contributed by atoms with Gasteiger partial charge in [-0.3, -0.25) is 4.79 Å². The lowest BCUT2D eigenvalue weighted by Crippen LogP contribution is -2.20. The molecular formula is C17H27NO2. The molecule has 0 aliphatic rings. The minimum Gasteiger partial charge on any atom is -0.494 e. The normalized spacial score (nSPS) is 10.8. The summed E-state index contributed by atoms with van der Waals surface area (Å²) in [4.78, 5) is 13.8. The second kappa shape index (κ2) is 8.75. The largest absolute Gasteiger partial charge is 0.494 e. The van der Waals surface area contributed by atoms with Gasteiger partial charge < -0.3 is 9.64 Å². The molecule has 0 bridgehead atoms. The molecule has 1 rings (SSSR count). The van der Waals surface area contributed by atoms with Crippen LogP contribution in [0.15, 0.2) is 18.2 Å². The van der Waals surface area contributed by atoms with Gasteiger partial charge in [-0.1, -0.05) is 19.8 Å². The molecule has 20 heavy (non-hydrogen) atoms. The lowest BCUT2D eigenvalue weighted by atomic mass is 10.1. The van der Waals surface area contributed by atoms with Crippen LogP contribution >= 0.6 is 0 Å². The number of hydrogen-bond donors (Lipinski definition) is 0. The molecule has 0 N–H and O–H groups in total. The van der Waals surface area contributed by atoms with Crippen molar-refractivity contribution in [1.29, 1.82) is 0 Å². The SMILES string of the molecule is CCCCCN(C)Cc1cc(C(C)=O)ccc1OCC. The van der Waals surface area contributed by atoms with E-state index in [0.717, 1.165) is 30.0 Å². The maximum atomic E-state index is 11.5. The Kier molecular flexibility index (Phi) is 7.31. The maximum absolute atomic E-state index is 11.5. The lowest BCUT2D eigenvalue weighted by molar-refractivity contribution is 0.101. The molecule has 0 fully saturated rings. The zero-order chi connectivity index (χ0) is 15.0. The highest BCUT2D eigenvalue weighted by atomic mass is 16.5. The van der Waals surface area contributed by atoms with Crippen LogP contribution in [-0.4, -0.2) is 30.9 Å². The number of carbonyl (C=O) groups is 1. The van der Waals surface area contributed by atoms with Crippen LogP contribution in [0.25, 0.3) is 0 Å². The van der Waals surface area contributed by atoms with E-state index in [2.05, 4.69) is 18.9 Å². The summed E-state index contributed by atoms with van der Waals surface area (Å²) in [5.74, 6) is 0.989. The Morgan fingerprint density at radius 2 is 2.00 bits per heavy atom. The number of ether oxygens (including phenoxy) is 1. The number of unbranched alkanes of at least 4 members (excludes halogenated alkanes) is 2. The molecule has 3 nitrogen and oxygen atoms in total. The molecule has 0 amide bonds. The number of ketones is 1. The summed E-state index contributed by atoms with van der Waals surface area (Å²) in [5, 5.41) is 0. The van der Waals surface area contributed by atoms with Crippen LogP contribution in [0.4, 0.5) is 0 Å². The third kappa shape index (κ3) is 5.33. The van der Waals surface area contributed by atoms with E-state index in [1.165, 1.54) is 19.3 Å². The van der Waals surface area contributed by atoms with Crippen molar-refractivity contribution in [3.8, 4) is 5.75 Å². The summed E-state index contributed by atoms with van der Waals surface area (Å²) in [6.07, 6.45) is 3.71. The Morgan fingerprint density at radius 1 is 1.25 bits per heavy atom. The second-order valence-electron chi connectivity index (χ2n) is 5.26. The number of nitrogens with zero attached hydrogens (tertiary/aromatic N) is 1. The van der Waals surface area contributed by atoms with Gasteiger partial charge in [-0.05, 0) is 52.1 Å². The van der Waals surface area contributed by atoms with E-state index in [9.17, 15) is 4.79 Å². The molecule has 0 atom stereocenters. The molecule has 0 spiro atoms. The van der Waals surface area contributed by atoms with Crippen molar-refractivity contribution in [2.24, 2.45) is 0 Å². The summed E-state index contributed by atoms with van der Waals surface area (Å²) >= 11 is 0. The molecule has 3 heteroatoms. The van der Waals surface area contributed by atoms with E-state index in [0.29, 0.717) is 6.61 Å². The summed E-state index contributed by atoms with van der Waals surface area (Å²) in [5.41, 5.74) is 1.85. The number of hydrogen-bond acceptors (Lipinski definition) is 3. The summed E-state index contributed by atoms with van der Waals surface area (Å²) in [6.45, 7) is 8.33. The standard InChI is InChI=1S/C17H27NO2/c1-5-7-8-11-18(4)13-16-12-15(14(3)19)9-10-17(16)20-6-2/h9-10,12H,5-8,11,13H2,1-4H3. The molecule has 112 valence electrons. The molecule has 1 aromatic carbocycles. The van der Waals surface area contributed by atoms with Gasteiger partial charge in [-0.25, -0.2) is 0 Å². The van der Waals surface area contributed by atoms with Crippen molar-refractivity contribution in [3.63, 3.8) is 0 Å². The summed E-state index contributed by atoms with van der Waals surface area (Å²) in [7, 11) is 2.12. The first kappa shape index (κ1) is 16.7. The second-order valence-corrected chi connectivity index (χ2v) is 5.26. The van der Waals surface area contributed by atoms with Crippen LogP contribution < -0.4 is 4.74 Å². The highest BCUT2D eigenvalue weighted by Gasteiger charge is 2.10. The first-order valence-corrected chi connectivity index (χ1v) is 7.53. The van der Waals surface area contributed by atoms with E-state index in [4.69, 9.17) is 4.74 Å². The van der Waals surface area contributed by atoms with Crippen LogP contribution in [0, 0.1) is 0 Å². The highest BCUT2D eigenvalue weighted by molar-refractivity contribution is 5.94.